The lowest BCUT2D eigenvalue weighted by atomic mass is 10.1. The van der Waals surface area contributed by atoms with Crippen LogP contribution in [0.15, 0.2) is 24.3 Å². The lowest BCUT2D eigenvalue weighted by molar-refractivity contribution is 0.0620. The van der Waals surface area contributed by atoms with Crippen LogP contribution in [0, 0.1) is 5.92 Å². The number of nitrogens with two attached hydrogens (primary N) is 1. The highest BCUT2D eigenvalue weighted by molar-refractivity contribution is 5.39. The molecule has 1 fully saturated rings. The van der Waals surface area contributed by atoms with Crippen molar-refractivity contribution in [3.05, 3.63) is 29.8 Å². The molecule has 0 spiro atoms. The first-order valence-corrected chi connectivity index (χ1v) is 7.38. The van der Waals surface area contributed by atoms with E-state index in [1.807, 2.05) is 24.3 Å². The van der Waals surface area contributed by atoms with Gasteiger partial charge >= 0.3 is 0 Å². The summed E-state index contributed by atoms with van der Waals surface area (Å²) in [6.45, 7) is 4.46. The van der Waals surface area contributed by atoms with Crippen LogP contribution in [0.4, 0.5) is 5.69 Å². The zero-order chi connectivity index (χ0) is 14.5. The molecule has 0 radical (unpaired) electrons. The highest BCUT2D eigenvalue weighted by atomic mass is 16.5. The van der Waals surface area contributed by atoms with Crippen LogP contribution < -0.4 is 5.73 Å². The van der Waals surface area contributed by atoms with Crippen LogP contribution in [0.1, 0.15) is 31.4 Å². The van der Waals surface area contributed by atoms with E-state index < -0.39 is 6.10 Å². The van der Waals surface area contributed by atoms with E-state index in [4.69, 9.17) is 10.5 Å². The molecule has 0 amide bonds. The molecule has 0 aromatic heterocycles. The van der Waals surface area contributed by atoms with Crippen molar-refractivity contribution >= 4 is 5.69 Å². The molecule has 3 N–H and O–H groups in total. The summed E-state index contributed by atoms with van der Waals surface area (Å²) in [7, 11) is 1.72. The Balaban J connectivity index is 1.96. The molecule has 2 rings (SSSR count). The van der Waals surface area contributed by atoms with E-state index in [0.717, 1.165) is 23.7 Å². The molecule has 2 unspecified atom stereocenters. The third kappa shape index (κ3) is 4.20. The molecule has 4 nitrogen and oxygen atoms in total. The predicted octanol–water partition coefficient (Wildman–Crippen LogP) is 2.05. The molecule has 112 valence electrons. The van der Waals surface area contributed by atoms with Crippen LogP contribution in [0.5, 0.6) is 0 Å². The average Bonchev–Trinajstić information content (AvgIpc) is 3.27. The molecule has 0 saturated heterocycles. The van der Waals surface area contributed by atoms with Gasteiger partial charge in [-0.25, -0.2) is 0 Å². The van der Waals surface area contributed by atoms with Crippen LogP contribution in [0.3, 0.4) is 0 Å². The monoisotopic (exact) mass is 278 g/mol. The van der Waals surface area contributed by atoms with E-state index in [2.05, 4.69) is 11.8 Å². The minimum Gasteiger partial charge on any atom is -0.399 e. The first kappa shape index (κ1) is 15.3. The number of nitrogen functional groups attached to an aromatic ring is 1. The summed E-state index contributed by atoms with van der Waals surface area (Å²) in [6, 6.07) is 7.98. The molecule has 2 atom stereocenters. The Kier molecular flexibility index (Phi) is 5.40. The molecule has 4 heteroatoms. The fraction of sp³-hybridized carbons (Fsp3) is 0.625. The zero-order valence-electron chi connectivity index (χ0n) is 12.5. The summed E-state index contributed by atoms with van der Waals surface area (Å²) in [5.41, 5.74) is 7.33. The maximum atomic E-state index is 10.4. The number of ether oxygens (including phenoxy) is 1. The second kappa shape index (κ2) is 7.07. The fourth-order valence-electron chi connectivity index (χ4n) is 2.59. The van der Waals surface area contributed by atoms with Gasteiger partial charge in [0.1, 0.15) is 0 Å². The van der Waals surface area contributed by atoms with Gasteiger partial charge in [-0.15, -0.1) is 0 Å². The van der Waals surface area contributed by atoms with Crippen molar-refractivity contribution in [1.29, 1.82) is 0 Å². The number of nitrogens with zero attached hydrogens (tertiary/aromatic N) is 1. The normalized spacial score (nSPS) is 18.2. The maximum Gasteiger partial charge on any atom is 0.0917 e. The largest absolute Gasteiger partial charge is 0.399 e. The maximum absolute atomic E-state index is 10.4. The molecular formula is C16H26N2O2. The smallest absolute Gasteiger partial charge is 0.0917 e. The van der Waals surface area contributed by atoms with Crippen LogP contribution in [0.2, 0.25) is 0 Å². The van der Waals surface area contributed by atoms with Gasteiger partial charge < -0.3 is 15.6 Å². The molecule has 20 heavy (non-hydrogen) atoms. The summed E-state index contributed by atoms with van der Waals surface area (Å²) in [5.74, 6) is 0.783. The fourth-order valence-corrected chi connectivity index (χ4v) is 2.59. The van der Waals surface area contributed by atoms with Gasteiger partial charge in [0, 0.05) is 31.9 Å². The average molecular weight is 278 g/mol. The highest BCUT2D eigenvalue weighted by Gasteiger charge is 2.32. The number of methoxy groups -OCH3 is 1. The quantitative estimate of drug-likeness (QED) is 0.715. The molecule has 0 bridgehead atoms. The summed E-state index contributed by atoms with van der Waals surface area (Å²) in [6.07, 6.45) is 2.14. The van der Waals surface area contributed by atoms with Gasteiger partial charge in [-0.3, -0.25) is 4.90 Å². The number of aliphatic hydroxyl groups is 1. The Morgan fingerprint density at radius 2 is 2.00 bits per heavy atom. The SMILES string of the molecule is COCCN(CC(O)c1ccc(N)cc1)C(C)C1CC1. The van der Waals surface area contributed by atoms with Gasteiger partial charge in [0.25, 0.3) is 0 Å². The molecule has 1 aromatic rings. The van der Waals surface area contributed by atoms with E-state index in [1.54, 1.807) is 7.11 Å². The Morgan fingerprint density at radius 3 is 2.55 bits per heavy atom. The molecule has 1 aromatic carbocycles. The van der Waals surface area contributed by atoms with Gasteiger partial charge in [-0.1, -0.05) is 12.1 Å². The molecule has 1 aliphatic carbocycles. The van der Waals surface area contributed by atoms with Gasteiger partial charge in [-0.2, -0.15) is 0 Å². The number of hydrogen-bond acceptors (Lipinski definition) is 4. The van der Waals surface area contributed by atoms with Crippen molar-refractivity contribution in [3.8, 4) is 0 Å². The first-order valence-electron chi connectivity index (χ1n) is 7.38. The lowest BCUT2D eigenvalue weighted by Crippen LogP contribution is -2.40. The predicted molar refractivity (Wildman–Crippen MR) is 81.4 cm³/mol. The standard InChI is InChI=1S/C16H26N2O2/c1-12(13-3-4-13)18(9-10-20-2)11-16(19)14-5-7-15(17)8-6-14/h5-8,12-13,16,19H,3-4,9-11,17H2,1-2H3. The molecule has 1 aliphatic rings. The molecule has 0 aliphatic heterocycles. The van der Waals surface area contributed by atoms with Gasteiger partial charge in [0.15, 0.2) is 0 Å². The second-order valence-electron chi connectivity index (χ2n) is 5.75. The van der Waals surface area contributed by atoms with Gasteiger partial charge in [-0.05, 0) is 43.4 Å². The van der Waals surface area contributed by atoms with Crippen molar-refractivity contribution in [3.63, 3.8) is 0 Å². The van der Waals surface area contributed by atoms with Crippen molar-refractivity contribution in [1.82, 2.24) is 4.90 Å². The topological polar surface area (TPSA) is 58.7 Å². The first-order chi connectivity index (χ1) is 9.61. The Morgan fingerprint density at radius 1 is 1.35 bits per heavy atom. The number of rotatable bonds is 8. The number of hydrogen-bond donors (Lipinski definition) is 2. The van der Waals surface area contributed by atoms with Crippen molar-refractivity contribution in [2.24, 2.45) is 5.92 Å². The van der Waals surface area contributed by atoms with Crippen molar-refractivity contribution in [2.45, 2.75) is 31.9 Å². The van der Waals surface area contributed by atoms with Crippen LogP contribution in [-0.4, -0.2) is 42.9 Å². The van der Waals surface area contributed by atoms with E-state index >= 15 is 0 Å². The van der Waals surface area contributed by atoms with Crippen molar-refractivity contribution < 1.29 is 9.84 Å². The van der Waals surface area contributed by atoms with E-state index in [0.29, 0.717) is 19.2 Å². The number of aliphatic hydroxyl groups excluding tert-OH is 1. The highest BCUT2D eigenvalue weighted by Crippen LogP contribution is 2.35. The van der Waals surface area contributed by atoms with Crippen LogP contribution in [0.25, 0.3) is 0 Å². The van der Waals surface area contributed by atoms with Gasteiger partial charge in [0.05, 0.1) is 12.7 Å². The third-order valence-electron chi connectivity index (χ3n) is 4.19. The summed E-state index contributed by atoms with van der Waals surface area (Å²) in [5, 5.41) is 10.4. The van der Waals surface area contributed by atoms with Crippen LogP contribution in [-0.2, 0) is 4.74 Å². The Hall–Kier alpha value is -1.10. The number of benzene rings is 1. The summed E-state index contributed by atoms with van der Waals surface area (Å²) in [4.78, 5) is 2.34. The van der Waals surface area contributed by atoms with E-state index in [1.165, 1.54) is 12.8 Å². The second-order valence-corrected chi connectivity index (χ2v) is 5.75. The zero-order valence-corrected chi connectivity index (χ0v) is 12.5. The Bertz CT molecular complexity index is 403. The lowest BCUT2D eigenvalue weighted by Gasteiger charge is -2.31. The Labute approximate surface area is 121 Å². The van der Waals surface area contributed by atoms with Crippen LogP contribution >= 0.6 is 0 Å². The minimum absolute atomic E-state index is 0.478. The number of anilines is 1. The summed E-state index contributed by atoms with van der Waals surface area (Å²) >= 11 is 0. The van der Waals surface area contributed by atoms with Gasteiger partial charge in [0.2, 0.25) is 0 Å². The third-order valence-corrected chi connectivity index (χ3v) is 4.19. The molecule has 1 saturated carbocycles. The summed E-state index contributed by atoms with van der Waals surface area (Å²) < 4.78 is 5.19. The van der Waals surface area contributed by atoms with E-state index in [-0.39, 0.29) is 0 Å². The van der Waals surface area contributed by atoms with E-state index in [9.17, 15) is 5.11 Å². The molecular weight excluding hydrogens is 252 g/mol. The van der Waals surface area contributed by atoms with Crippen molar-refractivity contribution in [2.75, 3.05) is 32.5 Å². The molecule has 0 heterocycles. The minimum atomic E-state index is -0.478.